The third kappa shape index (κ3) is 6.19. The Hall–Kier alpha value is -2.33. The van der Waals surface area contributed by atoms with Gasteiger partial charge in [-0.1, -0.05) is 48.6 Å². The van der Waals surface area contributed by atoms with E-state index in [1.165, 1.54) is 0 Å². The van der Waals surface area contributed by atoms with E-state index in [4.69, 9.17) is 9.05 Å². The van der Waals surface area contributed by atoms with Crippen molar-refractivity contribution in [2.24, 2.45) is 4.99 Å². The Morgan fingerprint density at radius 1 is 1.08 bits per heavy atom. The molecule has 0 N–H and O–H groups in total. The van der Waals surface area contributed by atoms with Gasteiger partial charge in [-0.05, 0) is 31.6 Å². The fourth-order valence-electron chi connectivity index (χ4n) is 2.12. The number of aromatic nitrogens is 1. The molecule has 0 fully saturated rings. The zero-order valence-corrected chi connectivity index (χ0v) is 15.9. The molecule has 26 heavy (non-hydrogen) atoms. The number of nitrogens with zero attached hydrogens (tertiary/aromatic N) is 2. The van der Waals surface area contributed by atoms with Gasteiger partial charge in [0.2, 0.25) is 0 Å². The number of rotatable bonds is 9. The lowest BCUT2D eigenvalue weighted by atomic mass is 10.2. The minimum atomic E-state index is -3.50. The average Bonchev–Trinajstić information content (AvgIpc) is 2.66. The van der Waals surface area contributed by atoms with Gasteiger partial charge in [0.15, 0.2) is 5.44 Å². The number of benzene rings is 1. The Labute approximate surface area is 154 Å². The van der Waals surface area contributed by atoms with Crippen molar-refractivity contribution in [1.82, 2.24) is 4.98 Å². The molecule has 1 aromatic carbocycles. The molecule has 0 aliphatic heterocycles. The number of hydrogen-bond donors (Lipinski definition) is 0. The quantitative estimate of drug-likeness (QED) is 0.340. The first kappa shape index (κ1) is 20.0. The van der Waals surface area contributed by atoms with Gasteiger partial charge in [0.1, 0.15) is 0 Å². The first-order chi connectivity index (χ1) is 12.7. The van der Waals surface area contributed by atoms with Crippen LogP contribution in [0.4, 0.5) is 0 Å². The van der Waals surface area contributed by atoms with Crippen LogP contribution in [0.2, 0.25) is 0 Å². The molecule has 0 atom stereocenters. The normalized spacial score (nSPS) is 12.9. The molecule has 5 nitrogen and oxygen atoms in total. The van der Waals surface area contributed by atoms with Crippen LogP contribution >= 0.6 is 7.60 Å². The summed E-state index contributed by atoms with van der Waals surface area (Å²) in [5, 5.41) is 0. The fraction of sp³-hybridized carbons (Fsp3) is 0.200. The summed E-state index contributed by atoms with van der Waals surface area (Å²) in [6.07, 6.45) is 10.3. The van der Waals surface area contributed by atoms with Crippen molar-refractivity contribution < 1.29 is 13.6 Å². The van der Waals surface area contributed by atoms with Crippen LogP contribution in [0.3, 0.4) is 0 Å². The first-order valence-electron chi connectivity index (χ1n) is 8.45. The largest absolute Gasteiger partial charge is 0.379 e. The van der Waals surface area contributed by atoms with Crippen LogP contribution in [0.15, 0.2) is 77.4 Å². The summed E-state index contributed by atoms with van der Waals surface area (Å²) in [5.74, 6) is 0. The Kier molecular flexibility index (Phi) is 8.16. The van der Waals surface area contributed by atoms with Crippen LogP contribution in [0, 0.1) is 0 Å². The zero-order chi connectivity index (χ0) is 18.7. The molecule has 1 aromatic heterocycles. The van der Waals surface area contributed by atoms with E-state index < -0.39 is 7.60 Å². The van der Waals surface area contributed by atoms with Crippen LogP contribution < -0.4 is 0 Å². The summed E-state index contributed by atoms with van der Waals surface area (Å²) in [5.41, 5.74) is 2.07. The van der Waals surface area contributed by atoms with E-state index in [0.717, 1.165) is 11.1 Å². The second-order valence-corrected chi connectivity index (χ2v) is 7.14. The van der Waals surface area contributed by atoms with Crippen molar-refractivity contribution in [1.29, 1.82) is 0 Å². The molecule has 136 valence electrons. The molecule has 0 unspecified atom stereocenters. The topological polar surface area (TPSA) is 60.8 Å². The van der Waals surface area contributed by atoms with Crippen LogP contribution in [0.5, 0.6) is 0 Å². The summed E-state index contributed by atoms with van der Waals surface area (Å²) in [6, 6.07) is 13.5. The van der Waals surface area contributed by atoms with E-state index in [1.54, 1.807) is 44.6 Å². The van der Waals surface area contributed by atoms with Crippen LogP contribution in [-0.4, -0.2) is 24.4 Å². The molecule has 0 bridgehead atoms. The summed E-state index contributed by atoms with van der Waals surface area (Å²) >= 11 is 0. The van der Waals surface area contributed by atoms with E-state index in [0.29, 0.717) is 0 Å². The number of aliphatic imine (C=N–C) groups is 1. The van der Waals surface area contributed by atoms with Crippen molar-refractivity contribution in [3.63, 3.8) is 0 Å². The molecule has 0 aliphatic carbocycles. The maximum atomic E-state index is 13.1. The maximum Gasteiger partial charge on any atom is 0.379 e. The Balaban J connectivity index is 2.33. The SMILES string of the molecule is CCOP(=O)(OCC)C(=C/C=C/c1ccccc1)/N=C/c1cccnc1. The molecule has 6 heteroatoms. The highest BCUT2D eigenvalue weighted by molar-refractivity contribution is 7.58. The van der Waals surface area contributed by atoms with Gasteiger partial charge in [-0.2, -0.15) is 0 Å². The summed E-state index contributed by atoms with van der Waals surface area (Å²) in [7, 11) is -3.50. The van der Waals surface area contributed by atoms with Crippen LogP contribution in [0.25, 0.3) is 6.08 Å². The fourth-order valence-corrected chi connectivity index (χ4v) is 3.60. The lowest BCUT2D eigenvalue weighted by molar-refractivity contribution is 0.226. The second-order valence-electron chi connectivity index (χ2n) is 5.17. The third-order valence-corrected chi connectivity index (χ3v) is 5.26. The summed E-state index contributed by atoms with van der Waals surface area (Å²) in [6.45, 7) is 4.07. The molecule has 0 radical (unpaired) electrons. The Morgan fingerprint density at radius 2 is 1.77 bits per heavy atom. The summed E-state index contributed by atoms with van der Waals surface area (Å²) < 4.78 is 24.0. The lowest BCUT2D eigenvalue weighted by Gasteiger charge is -2.16. The van der Waals surface area contributed by atoms with Gasteiger partial charge in [0, 0.05) is 24.2 Å². The van der Waals surface area contributed by atoms with Gasteiger partial charge in [0.05, 0.1) is 13.2 Å². The van der Waals surface area contributed by atoms with Gasteiger partial charge in [-0.3, -0.25) is 9.55 Å². The molecule has 2 aromatic rings. The maximum absolute atomic E-state index is 13.1. The van der Waals surface area contributed by atoms with Crippen molar-refractivity contribution in [3.05, 3.63) is 83.6 Å². The number of pyridine rings is 1. The number of allylic oxidation sites excluding steroid dienone is 2. The Bertz CT molecular complexity index is 792. The summed E-state index contributed by atoms with van der Waals surface area (Å²) in [4.78, 5) is 8.41. The zero-order valence-electron chi connectivity index (χ0n) is 15.0. The van der Waals surface area contributed by atoms with Gasteiger partial charge < -0.3 is 9.05 Å². The smallest absolute Gasteiger partial charge is 0.304 e. The minimum Gasteiger partial charge on any atom is -0.304 e. The highest BCUT2D eigenvalue weighted by Gasteiger charge is 2.29. The molecular weight excluding hydrogens is 347 g/mol. The predicted molar refractivity (Wildman–Crippen MR) is 106 cm³/mol. The van der Waals surface area contributed by atoms with Crippen molar-refractivity contribution in [2.75, 3.05) is 13.2 Å². The second kappa shape index (κ2) is 10.6. The van der Waals surface area contributed by atoms with Crippen LogP contribution in [-0.2, 0) is 13.6 Å². The standard InChI is InChI=1S/C20H23N2O3P/c1-3-24-26(23,25-4-2)20(22-17-19-13-9-15-21-16-19)14-8-12-18-10-6-5-7-11-18/h5-17H,3-4H2,1-2H3/b12-8+,20-14+,22-17+. The lowest BCUT2D eigenvalue weighted by Crippen LogP contribution is -1.98. The average molecular weight is 370 g/mol. The van der Waals surface area contributed by atoms with Gasteiger partial charge >= 0.3 is 7.60 Å². The van der Waals surface area contributed by atoms with Crippen LogP contribution in [0.1, 0.15) is 25.0 Å². The first-order valence-corrected chi connectivity index (χ1v) is 9.99. The van der Waals surface area contributed by atoms with Gasteiger partial charge in [0.25, 0.3) is 0 Å². The molecule has 1 heterocycles. The van der Waals surface area contributed by atoms with Crippen molar-refractivity contribution >= 4 is 19.9 Å². The van der Waals surface area contributed by atoms with E-state index in [9.17, 15) is 4.57 Å². The molecule has 0 saturated heterocycles. The number of hydrogen-bond acceptors (Lipinski definition) is 5. The van der Waals surface area contributed by atoms with Gasteiger partial charge in [-0.15, -0.1) is 0 Å². The molecule has 2 rings (SSSR count). The van der Waals surface area contributed by atoms with E-state index >= 15 is 0 Å². The molecule has 0 spiro atoms. The highest BCUT2D eigenvalue weighted by Crippen LogP contribution is 2.56. The minimum absolute atomic E-state index is 0.247. The van der Waals surface area contributed by atoms with Crippen molar-refractivity contribution in [3.8, 4) is 0 Å². The molecule has 0 amide bonds. The van der Waals surface area contributed by atoms with Gasteiger partial charge in [-0.25, -0.2) is 4.99 Å². The van der Waals surface area contributed by atoms with E-state index in [2.05, 4.69) is 9.98 Å². The molecule has 0 aliphatic rings. The monoisotopic (exact) mass is 370 g/mol. The van der Waals surface area contributed by atoms with Crippen molar-refractivity contribution in [2.45, 2.75) is 13.8 Å². The highest BCUT2D eigenvalue weighted by atomic mass is 31.2. The Morgan fingerprint density at radius 3 is 2.38 bits per heavy atom. The molecule has 0 saturated carbocycles. The predicted octanol–water partition coefficient (Wildman–Crippen LogP) is 5.32. The van der Waals surface area contributed by atoms with E-state index in [1.807, 2.05) is 48.5 Å². The molecular formula is C20H23N2O3P. The third-order valence-electron chi connectivity index (χ3n) is 3.24. The van der Waals surface area contributed by atoms with E-state index in [-0.39, 0.29) is 18.7 Å².